The maximum absolute atomic E-state index is 5.84. The van der Waals surface area contributed by atoms with E-state index in [-0.39, 0.29) is 11.0 Å². The smallest absolute Gasteiger partial charge is 0.157 e. The number of nitrogens with one attached hydrogen (secondary N) is 1. The number of aromatic nitrogens is 2. The molecule has 0 aliphatic heterocycles. The zero-order valence-corrected chi connectivity index (χ0v) is 13.4. The monoisotopic (exact) mass is 267 g/mol. The van der Waals surface area contributed by atoms with Crippen LogP contribution in [0.1, 0.15) is 54.5 Å². The second-order valence-electron chi connectivity index (χ2n) is 7.31. The number of ether oxygens (including phenoxy) is 1. The van der Waals surface area contributed by atoms with Gasteiger partial charge in [0.15, 0.2) is 5.75 Å². The maximum Gasteiger partial charge on any atom is 0.157 e. The van der Waals surface area contributed by atoms with E-state index in [9.17, 15) is 0 Å². The van der Waals surface area contributed by atoms with E-state index < -0.39 is 0 Å². The number of nitrogens with zero attached hydrogens (tertiary/aromatic N) is 2. The van der Waals surface area contributed by atoms with Gasteiger partial charge < -0.3 is 10.1 Å². The molecule has 1 heterocycles. The lowest BCUT2D eigenvalue weighted by Crippen LogP contribution is -2.43. The van der Waals surface area contributed by atoms with E-state index in [4.69, 9.17) is 4.74 Å². The van der Waals surface area contributed by atoms with E-state index in [0.717, 1.165) is 12.3 Å². The molecule has 0 aromatic carbocycles. The number of hydrogen-bond donors (Lipinski definition) is 1. The third-order valence-corrected chi connectivity index (χ3v) is 2.83. The molecule has 0 saturated carbocycles. The second kappa shape index (κ2) is 5.95. The Hall–Kier alpha value is -1.03. The molecule has 1 rings (SSSR count). The molecule has 0 radical (unpaired) electrons. The van der Waals surface area contributed by atoms with Crippen molar-refractivity contribution >= 4 is 0 Å². The van der Waals surface area contributed by atoms with Gasteiger partial charge in [0.05, 0.1) is 19.0 Å². The van der Waals surface area contributed by atoms with E-state index in [2.05, 4.69) is 58.9 Å². The molecule has 0 amide bonds. The van der Waals surface area contributed by atoms with Crippen LogP contribution in [0.3, 0.4) is 0 Å². The van der Waals surface area contributed by atoms with Gasteiger partial charge in [0.25, 0.3) is 0 Å². The first-order valence-corrected chi connectivity index (χ1v) is 7.01. The molecule has 1 aromatic heterocycles. The molecule has 1 N–H and O–H groups in total. The predicted molar refractivity (Wildman–Crippen MR) is 79.6 cm³/mol. The van der Waals surface area contributed by atoms with Crippen molar-refractivity contribution in [3.05, 3.63) is 12.4 Å². The van der Waals surface area contributed by atoms with Gasteiger partial charge in [-0.1, -0.05) is 13.8 Å². The molecule has 0 saturated heterocycles. The summed E-state index contributed by atoms with van der Waals surface area (Å²) in [6.45, 7) is 16.8. The molecular formula is C15H29N3O. The van der Waals surface area contributed by atoms with Gasteiger partial charge in [-0.15, -0.1) is 0 Å². The molecule has 0 atom stereocenters. The van der Waals surface area contributed by atoms with Gasteiger partial charge in [-0.3, -0.25) is 4.68 Å². The SMILES string of the molecule is CC(C)n1cc(OCC(C)(C)CNC(C)(C)C)cn1. The Kier molecular flexibility index (Phi) is 5.02. The summed E-state index contributed by atoms with van der Waals surface area (Å²) < 4.78 is 7.76. The van der Waals surface area contributed by atoms with Crippen LogP contribution in [-0.2, 0) is 0 Å². The summed E-state index contributed by atoms with van der Waals surface area (Å²) in [4.78, 5) is 0. The highest BCUT2D eigenvalue weighted by atomic mass is 16.5. The zero-order valence-electron chi connectivity index (χ0n) is 13.4. The van der Waals surface area contributed by atoms with Gasteiger partial charge in [0.1, 0.15) is 0 Å². The average molecular weight is 267 g/mol. The van der Waals surface area contributed by atoms with Crippen LogP contribution >= 0.6 is 0 Å². The summed E-state index contributed by atoms with van der Waals surface area (Å²) in [5.41, 5.74) is 0.229. The third-order valence-electron chi connectivity index (χ3n) is 2.83. The molecule has 0 aliphatic rings. The Morgan fingerprint density at radius 3 is 2.37 bits per heavy atom. The zero-order chi connectivity index (χ0) is 14.7. The van der Waals surface area contributed by atoms with Crippen molar-refractivity contribution in [2.75, 3.05) is 13.2 Å². The van der Waals surface area contributed by atoms with Crippen LogP contribution in [0.25, 0.3) is 0 Å². The van der Waals surface area contributed by atoms with Crippen molar-refractivity contribution in [1.82, 2.24) is 15.1 Å². The minimum Gasteiger partial charge on any atom is -0.490 e. The molecule has 0 unspecified atom stereocenters. The highest BCUT2D eigenvalue weighted by Crippen LogP contribution is 2.19. The van der Waals surface area contributed by atoms with Crippen molar-refractivity contribution in [2.24, 2.45) is 5.41 Å². The standard InChI is InChI=1S/C15H29N3O/c1-12(2)18-9-13(8-17-18)19-11-15(6,7)10-16-14(3,4)5/h8-9,12,16H,10-11H2,1-7H3. The van der Waals surface area contributed by atoms with Crippen LogP contribution in [0, 0.1) is 5.41 Å². The van der Waals surface area contributed by atoms with Gasteiger partial charge in [-0.25, -0.2) is 0 Å². The quantitative estimate of drug-likeness (QED) is 0.860. The maximum atomic E-state index is 5.84. The minimum atomic E-state index is 0.0905. The second-order valence-corrected chi connectivity index (χ2v) is 7.31. The minimum absolute atomic E-state index is 0.0905. The number of hydrogen-bond acceptors (Lipinski definition) is 3. The molecule has 0 aliphatic carbocycles. The fraction of sp³-hybridized carbons (Fsp3) is 0.800. The van der Waals surface area contributed by atoms with Crippen molar-refractivity contribution in [3.8, 4) is 5.75 Å². The summed E-state index contributed by atoms with van der Waals surface area (Å²) in [5.74, 6) is 0.845. The van der Waals surface area contributed by atoms with Gasteiger partial charge >= 0.3 is 0 Å². The van der Waals surface area contributed by atoms with Crippen LogP contribution in [0.15, 0.2) is 12.4 Å². The molecule has 110 valence electrons. The van der Waals surface area contributed by atoms with Crippen LogP contribution < -0.4 is 10.1 Å². The fourth-order valence-electron chi connectivity index (χ4n) is 1.51. The summed E-state index contributed by atoms with van der Waals surface area (Å²) >= 11 is 0. The summed E-state index contributed by atoms with van der Waals surface area (Å²) in [6.07, 6.45) is 3.74. The Bertz CT molecular complexity index is 388. The molecule has 4 heteroatoms. The lowest BCUT2D eigenvalue weighted by molar-refractivity contribution is 0.165. The number of rotatable bonds is 6. The predicted octanol–water partition coefficient (Wildman–Crippen LogP) is 3.26. The highest BCUT2D eigenvalue weighted by molar-refractivity contribution is 5.12. The van der Waals surface area contributed by atoms with Gasteiger partial charge in [0, 0.05) is 23.5 Å². The molecular weight excluding hydrogens is 238 g/mol. The molecule has 0 spiro atoms. The third kappa shape index (κ3) is 6.10. The molecule has 1 aromatic rings. The van der Waals surface area contributed by atoms with E-state index in [1.807, 2.05) is 10.9 Å². The van der Waals surface area contributed by atoms with E-state index >= 15 is 0 Å². The summed E-state index contributed by atoms with van der Waals surface area (Å²) in [7, 11) is 0. The first kappa shape index (κ1) is 16.0. The first-order valence-electron chi connectivity index (χ1n) is 7.01. The van der Waals surface area contributed by atoms with E-state index in [1.165, 1.54) is 0 Å². The van der Waals surface area contributed by atoms with Crippen LogP contribution in [0.4, 0.5) is 0 Å². The van der Waals surface area contributed by atoms with E-state index in [0.29, 0.717) is 12.6 Å². The normalized spacial score (nSPS) is 13.1. The van der Waals surface area contributed by atoms with Crippen LogP contribution in [0.2, 0.25) is 0 Å². The molecule has 19 heavy (non-hydrogen) atoms. The van der Waals surface area contributed by atoms with Crippen LogP contribution in [0.5, 0.6) is 5.75 Å². The Morgan fingerprint density at radius 2 is 1.89 bits per heavy atom. The molecule has 4 nitrogen and oxygen atoms in total. The fourth-order valence-corrected chi connectivity index (χ4v) is 1.51. The highest BCUT2D eigenvalue weighted by Gasteiger charge is 2.22. The molecule has 0 bridgehead atoms. The van der Waals surface area contributed by atoms with E-state index in [1.54, 1.807) is 6.20 Å². The van der Waals surface area contributed by atoms with Crippen molar-refractivity contribution in [2.45, 2.75) is 60.0 Å². The molecule has 0 fully saturated rings. The van der Waals surface area contributed by atoms with Gasteiger partial charge in [0.2, 0.25) is 0 Å². The van der Waals surface area contributed by atoms with Crippen molar-refractivity contribution in [3.63, 3.8) is 0 Å². The Balaban J connectivity index is 2.45. The van der Waals surface area contributed by atoms with Crippen LogP contribution in [-0.4, -0.2) is 28.5 Å². The lowest BCUT2D eigenvalue weighted by Gasteiger charge is -2.30. The summed E-state index contributed by atoms with van der Waals surface area (Å²) in [6, 6.07) is 0.368. The topological polar surface area (TPSA) is 39.1 Å². The first-order chi connectivity index (χ1) is 8.59. The Labute approximate surface area is 117 Å². The lowest BCUT2D eigenvalue weighted by atomic mass is 9.93. The average Bonchev–Trinajstić information content (AvgIpc) is 2.72. The summed E-state index contributed by atoms with van der Waals surface area (Å²) in [5, 5.41) is 7.80. The van der Waals surface area contributed by atoms with Gasteiger partial charge in [-0.2, -0.15) is 5.10 Å². The Morgan fingerprint density at radius 1 is 1.26 bits per heavy atom. The largest absolute Gasteiger partial charge is 0.490 e. The van der Waals surface area contributed by atoms with Gasteiger partial charge in [-0.05, 0) is 34.6 Å². The van der Waals surface area contributed by atoms with Crippen molar-refractivity contribution in [1.29, 1.82) is 0 Å². The van der Waals surface area contributed by atoms with Crippen molar-refractivity contribution < 1.29 is 4.74 Å².